The molecule has 0 radical (unpaired) electrons. The monoisotopic (exact) mass is 467 g/mol. The largest absolute Gasteiger partial charge is 0.361 e. The van der Waals surface area contributed by atoms with Crippen LogP contribution in [0, 0.1) is 0 Å². The highest BCUT2D eigenvalue weighted by Gasteiger charge is 2.27. The Hall–Kier alpha value is -2.93. The Bertz CT molecular complexity index is 1040. The molecular formula is C23H22BrN3O3. The van der Waals surface area contributed by atoms with Gasteiger partial charge in [-0.2, -0.15) is 0 Å². The zero-order valence-corrected chi connectivity index (χ0v) is 18.2. The van der Waals surface area contributed by atoms with Crippen molar-refractivity contribution >= 4 is 44.9 Å². The Morgan fingerprint density at radius 1 is 1.07 bits per heavy atom. The van der Waals surface area contributed by atoms with Gasteiger partial charge in [0.25, 0.3) is 11.8 Å². The van der Waals surface area contributed by atoms with Crippen LogP contribution in [-0.2, 0) is 9.59 Å². The van der Waals surface area contributed by atoms with Crippen molar-refractivity contribution in [1.29, 1.82) is 0 Å². The van der Waals surface area contributed by atoms with Crippen LogP contribution >= 0.6 is 15.9 Å². The Morgan fingerprint density at radius 2 is 1.77 bits per heavy atom. The average molecular weight is 468 g/mol. The summed E-state index contributed by atoms with van der Waals surface area (Å²) in [6, 6.07) is 13.4. The second-order valence-electron chi connectivity index (χ2n) is 7.58. The summed E-state index contributed by atoms with van der Waals surface area (Å²) in [5.74, 6) is -0.220. The van der Waals surface area contributed by atoms with Crippen LogP contribution in [0.5, 0.6) is 0 Å². The SMILES string of the molecule is CC(=O)N1CCC(c2ccc(N/C=C3\C(=O)NC(=O)c4ccc(Br)cc43)cc2)CC1. The van der Waals surface area contributed by atoms with Gasteiger partial charge in [-0.3, -0.25) is 19.7 Å². The molecular weight excluding hydrogens is 446 g/mol. The maximum atomic E-state index is 12.4. The molecule has 6 nitrogen and oxygen atoms in total. The van der Waals surface area contributed by atoms with Crippen molar-refractivity contribution in [3.05, 3.63) is 69.8 Å². The number of carbonyl (C=O) groups is 3. The first-order valence-corrected chi connectivity index (χ1v) is 10.7. The number of nitrogens with one attached hydrogen (secondary N) is 2. The van der Waals surface area contributed by atoms with Crippen molar-refractivity contribution < 1.29 is 14.4 Å². The molecule has 0 atom stereocenters. The fourth-order valence-corrected chi connectivity index (χ4v) is 4.34. The van der Waals surface area contributed by atoms with E-state index in [1.807, 2.05) is 17.0 Å². The number of anilines is 1. The summed E-state index contributed by atoms with van der Waals surface area (Å²) in [6.45, 7) is 3.22. The van der Waals surface area contributed by atoms with Gasteiger partial charge in [-0.1, -0.05) is 28.1 Å². The second-order valence-corrected chi connectivity index (χ2v) is 8.49. The van der Waals surface area contributed by atoms with E-state index >= 15 is 0 Å². The summed E-state index contributed by atoms with van der Waals surface area (Å²) in [6.07, 6.45) is 3.57. The van der Waals surface area contributed by atoms with E-state index in [4.69, 9.17) is 0 Å². The highest BCUT2D eigenvalue weighted by atomic mass is 79.9. The number of hydrogen-bond donors (Lipinski definition) is 2. The molecule has 1 fully saturated rings. The maximum absolute atomic E-state index is 12.4. The minimum Gasteiger partial charge on any atom is -0.361 e. The Kier molecular flexibility index (Phi) is 5.72. The minimum atomic E-state index is -0.424. The molecule has 2 aromatic carbocycles. The zero-order chi connectivity index (χ0) is 21.3. The summed E-state index contributed by atoms with van der Waals surface area (Å²) >= 11 is 3.40. The number of imide groups is 1. The van der Waals surface area contributed by atoms with Gasteiger partial charge in [0.05, 0.1) is 5.57 Å². The molecule has 2 aromatic rings. The molecule has 30 heavy (non-hydrogen) atoms. The van der Waals surface area contributed by atoms with Gasteiger partial charge in [0.15, 0.2) is 0 Å². The molecule has 1 saturated heterocycles. The lowest BCUT2D eigenvalue weighted by atomic mass is 9.89. The number of benzene rings is 2. The van der Waals surface area contributed by atoms with Crippen LogP contribution in [-0.4, -0.2) is 35.7 Å². The predicted molar refractivity (Wildman–Crippen MR) is 119 cm³/mol. The number of nitrogens with zero attached hydrogens (tertiary/aromatic N) is 1. The molecule has 4 rings (SSSR count). The van der Waals surface area contributed by atoms with Crippen molar-refractivity contribution in [2.75, 3.05) is 18.4 Å². The van der Waals surface area contributed by atoms with Gasteiger partial charge in [-0.05, 0) is 54.7 Å². The molecule has 0 spiro atoms. The van der Waals surface area contributed by atoms with E-state index in [1.165, 1.54) is 5.56 Å². The average Bonchev–Trinajstić information content (AvgIpc) is 2.74. The molecule has 2 aliphatic heterocycles. The lowest BCUT2D eigenvalue weighted by molar-refractivity contribution is -0.129. The first-order valence-electron chi connectivity index (χ1n) is 9.90. The van der Waals surface area contributed by atoms with E-state index in [2.05, 4.69) is 38.7 Å². The Morgan fingerprint density at radius 3 is 2.43 bits per heavy atom. The summed E-state index contributed by atoms with van der Waals surface area (Å²) < 4.78 is 0.801. The van der Waals surface area contributed by atoms with E-state index in [0.29, 0.717) is 22.6 Å². The molecule has 7 heteroatoms. The normalized spacial score (nSPS) is 18.2. The summed E-state index contributed by atoms with van der Waals surface area (Å²) in [4.78, 5) is 37.8. The van der Waals surface area contributed by atoms with Crippen LogP contribution in [0.3, 0.4) is 0 Å². The molecule has 2 heterocycles. The molecule has 0 aliphatic carbocycles. The number of fused-ring (bicyclic) bond motifs is 1. The number of rotatable bonds is 3. The Balaban J connectivity index is 1.48. The fraction of sp³-hybridized carbons (Fsp3) is 0.261. The van der Waals surface area contributed by atoms with E-state index < -0.39 is 5.91 Å². The molecule has 154 valence electrons. The lowest BCUT2D eigenvalue weighted by Gasteiger charge is -2.31. The molecule has 0 aromatic heterocycles. The van der Waals surface area contributed by atoms with Crippen LogP contribution in [0.2, 0.25) is 0 Å². The van der Waals surface area contributed by atoms with E-state index in [1.54, 1.807) is 31.3 Å². The molecule has 2 N–H and O–H groups in total. The quantitative estimate of drug-likeness (QED) is 0.529. The van der Waals surface area contributed by atoms with Gasteiger partial charge in [-0.25, -0.2) is 0 Å². The third-order valence-electron chi connectivity index (χ3n) is 5.69. The van der Waals surface area contributed by atoms with Crippen LogP contribution in [0.15, 0.2) is 53.1 Å². The lowest BCUT2D eigenvalue weighted by Crippen LogP contribution is -2.36. The number of halogens is 1. The number of piperidine rings is 1. The minimum absolute atomic E-state index is 0.142. The molecule has 0 bridgehead atoms. The first kappa shape index (κ1) is 20.3. The van der Waals surface area contributed by atoms with Crippen LogP contribution < -0.4 is 10.6 Å². The number of likely N-dealkylation sites (tertiary alicyclic amines) is 1. The van der Waals surface area contributed by atoms with Crippen molar-refractivity contribution in [3.8, 4) is 0 Å². The highest BCUT2D eigenvalue weighted by Crippen LogP contribution is 2.30. The topological polar surface area (TPSA) is 78.5 Å². The van der Waals surface area contributed by atoms with Gasteiger partial charge in [0.2, 0.25) is 5.91 Å². The third kappa shape index (κ3) is 4.16. The van der Waals surface area contributed by atoms with E-state index in [9.17, 15) is 14.4 Å². The van der Waals surface area contributed by atoms with Gasteiger partial charge >= 0.3 is 0 Å². The van der Waals surface area contributed by atoms with Gasteiger partial charge in [0, 0.05) is 47.5 Å². The standard InChI is InChI=1S/C23H22BrN3O3/c1-14(28)27-10-8-16(9-11-27)15-2-5-18(6-3-15)25-13-21-20-12-17(24)4-7-19(20)22(29)26-23(21)30/h2-7,12-13,16,25H,8-11H2,1H3,(H,26,29,30)/b21-13-. The smallest absolute Gasteiger partial charge is 0.260 e. The first-order chi connectivity index (χ1) is 14.4. The third-order valence-corrected chi connectivity index (χ3v) is 6.19. The van der Waals surface area contributed by atoms with Gasteiger partial charge in [-0.15, -0.1) is 0 Å². The van der Waals surface area contributed by atoms with E-state index in [-0.39, 0.29) is 11.8 Å². The van der Waals surface area contributed by atoms with Crippen molar-refractivity contribution in [2.45, 2.75) is 25.7 Å². The van der Waals surface area contributed by atoms with Crippen molar-refractivity contribution in [2.24, 2.45) is 0 Å². The van der Waals surface area contributed by atoms with Crippen molar-refractivity contribution in [1.82, 2.24) is 10.2 Å². The van der Waals surface area contributed by atoms with Gasteiger partial charge in [0.1, 0.15) is 0 Å². The summed E-state index contributed by atoms with van der Waals surface area (Å²) in [5.41, 5.74) is 3.59. The number of carbonyl (C=O) groups excluding carboxylic acids is 3. The van der Waals surface area contributed by atoms with Crippen LogP contribution in [0.4, 0.5) is 5.69 Å². The van der Waals surface area contributed by atoms with E-state index in [0.717, 1.165) is 36.1 Å². The molecule has 3 amide bonds. The molecule has 0 saturated carbocycles. The highest BCUT2D eigenvalue weighted by molar-refractivity contribution is 9.10. The van der Waals surface area contributed by atoms with Gasteiger partial charge < -0.3 is 10.2 Å². The Labute approximate surface area is 183 Å². The predicted octanol–water partition coefficient (Wildman–Crippen LogP) is 3.90. The van der Waals surface area contributed by atoms with Crippen molar-refractivity contribution in [3.63, 3.8) is 0 Å². The summed E-state index contributed by atoms with van der Waals surface area (Å²) in [7, 11) is 0. The zero-order valence-electron chi connectivity index (χ0n) is 16.6. The number of amides is 3. The molecule has 0 unspecified atom stereocenters. The molecule has 2 aliphatic rings. The number of hydrogen-bond acceptors (Lipinski definition) is 4. The fourth-order valence-electron chi connectivity index (χ4n) is 3.98. The maximum Gasteiger partial charge on any atom is 0.260 e. The summed E-state index contributed by atoms with van der Waals surface area (Å²) in [5, 5.41) is 5.55. The second kappa shape index (κ2) is 8.44. The van der Waals surface area contributed by atoms with Crippen LogP contribution in [0.1, 0.15) is 47.2 Å². The van der Waals surface area contributed by atoms with Crippen LogP contribution in [0.25, 0.3) is 5.57 Å².